The van der Waals surface area contributed by atoms with E-state index in [9.17, 15) is 40.5 Å². The summed E-state index contributed by atoms with van der Waals surface area (Å²) in [6.45, 7) is 3.58. The molecule has 7 N–H and O–H groups in total. The van der Waals surface area contributed by atoms with Crippen molar-refractivity contribution in [3.8, 4) is 0 Å². The molecule has 54 heavy (non-hydrogen) atoms. The fraction of sp³-hybridized carbons (Fsp3) is 0.925. The van der Waals surface area contributed by atoms with Crippen LogP contribution >= 0.6 is 0 Å². The fourth-order valence-corrected chi connectivity index (χ4v) is 6.51. The minimum absolute atomic E-state index is 0.0605. The molecule has 14 heteroatoms. The monoisotopic (exact) mass is 779 g/mol. The van der Waals surface area contributed by atoms with Gasteiger partial charge in [-0.2, -0.15) is 0 Å². The number of aliphatic hydroxyl groups excluding tert-OH is 7. The third kappa shape index (κ3) is 19.3. The number of unbranched alkanes of at least 4 members (excludes halogenated alkanes) is 15. The molecule has 0 aromatic heterocycles. The Kier molecular flexibility index (Phi) is 27.1. The molecule has 0 radical (unpaired) electrons. The van der Waals surface area contributed by atoms with Crippen LogP contribution in [0, 0.1) is 0 Å². The van der Waals surface area contributed by atoms with Crippen molar-refractivity contribution in [1.29, 1.82) is 0 Å². The van der Waals surface area contributed by atoms with Crippen LogP contribution in [-0.4, -0.2) is 142 Å². The number of aliphatic hydroxyl groups is 7. The zero-order chi connectivity index (χ0) is 39.6. The van der Waals surface area contributed by atoms with Gasteiger partial charge in [-0.05, 0) is 38.5 Å². The predicted octanol–water partition coefficient (Wildman–Crippen LogP) is 3.56. The van der Waals surface area contributed by atoms with Crippen molar-refractivity contribution < 1.29 is 69.0 Å². The summed E-state index contributed by atoms with van der Waals surface area (Å²) in [4.78, 5) is 12.8. The third-order valence-corrected chi connectivity index (χ3v) is 10.0. The maximum atomic E-state index is 12.8. The number of esters is 1. The Morgan fingerprint density at radius 3 is 1.72 bits per heavy atom. The van der Waals surface area contributed by atoms with Crippen molar-refractivity contribution in [3.63, 3.8) is 0 Å². The molecule has 2 fully saturated rings. The molecule has 11 atom stereocenters. The Morgan fingerprint density at radius 1 is 0.593 bits per heavy atom. The highest BCUT2D eigenvalue weighted by Crippen LogP contribution is 2.26. The van der Waals surface area contributed by atoms with Gasteiger partial charge in [0, 0.05) is 13.0 Å². The Morgan fingerprint density at radius 2 is 1.09 bits per heavy atom. The largest absolute Gasteiger partial charge is 0.457 e. The first-order valence-corrected chi connectivity index (χ1v) is 20.8. The Balaban J connectivity index is 1.83. The lowest BCUT2D eigenvalue weighted by Crippen LogP contribution is -2.61. The second-order valence-electron chi connectivity index (χ2n) is 14.8. The summed E-state index contributed by atoms with van der Waals surface area (Å²) in [5.74, 6) is -0.386. The van der Waals surface area contributed by atoms with Crippen molar-refractivity contribution in [2.45, 2.75) is 203 Å². The molecule has 0 aromatic rings. The molecule has 2 saturated heterocycles. The summed E-state index contributed by atoms with van der Waals surface area (Å²) >= 11 is 0. The molecule has 0 spiro atoms. The molecule has 2 aliphatic heterocycles. The molecule has 0 aliphatic carbocycles. The molecule has 2 rings (SSSR count). The van der Waals surface area contributed by atoms with E-state index in [2.05, 4.69) is 26.0 Å². The Labute approximate surface area is 323 Å². The maximum Gasteiger partial charge on any atom is 0.306 e. The van der Waals surface area contributed by atoms with Gasteiger partial charge in [0.2, 0.25) is 0 Å². The van der Waals surface area contributed by atoms with Crippen LogP contribution in [0.2, 0.25) is 0 Å². The van der Waals surface area contributed by atoms with Crippen LogP contribution in [0.5, 0.6) is 0 Å². The Bertz CT molecular complexity index is 954. The summed E-state index contributed by atoms with van der Waals surface area (Å²) in [6.07, 6.45) is 8.84. The van der Waals surface area contributed by atoms with E-state index in [0.717, 1.165) is 44.9 Å². The molecule has 0 bridgehead atoms. The van der Waals surface area contributed by atoms with Crippen molar-refractivity contribution in [2.75, 3.05) is 33.0 Å². The number of carbonyl (C=O) groups excluding carboxylic acids is 1. The third-order valence-electron chi connectivity index (χ3n) is 10.0. The summed E-state index contributed by atoms with van der Waals surface area (Å²) in [5.41, 5.74) is 0. The van der Waals surface area contributed by atoms with Crippen molar-refractivity contribution >= 4 is 5.97 Å². The average Bonchev–Trinajstić information content (AvgIpc) is 3.16. The molecule has 14 nitrogen and oxygen atoms in total. The van der Waals surface area contributed by atoms with Gasteiger partial charge < -0.3 is 64.2 Å². The Hall–Kier alpha value is -1.27. The van der Waals surface area contributed by atoms with Gasteiger partial charge in [0.1, 0.15) is 54.9 Å². The molecule has 2 heterocycles. The SMILES string of the molecule is CCCCC/C=C\CCCCCCCCOCC(COC1OC(COC2OC(CO)C(O)C(O)C2O)C(O)C(O)C1O)OC(=O)CCCCCCCCC. The minimum Gasteiger partial charge on any atom is -0.457 e. The first kappa shape index (κ1) is 48.9. The van der Waals surface area contributed by atoms with Gasteiger partial charge in [-0.25, -0.2) is 0 Å². The number of carbonyl (C=O) groups is 1. The average molecular weight is 779 g/mol. The number of ether oxygens (including phenoxy) is 6. The summed E-state index contributed by atoms with van der Waals surface area (Å²) < 4.78 is 33.9. The van der Waals surface area contributed by atoms with Crippen molar-refractivity contribution in [2.24, 2.45) is 0 Å². The van der Waals surface area contributed by atoms with Gasteiger partial charge in [0.25, 0.3) is 0 Å². The van der Waals surface area contributed by atoms with E-state index < -0.39 is 80.7 Å². The standard InChI is InChI=1S/C40H74O14/c1-3-5-7-9-11-12-13-14-15-16-18-20-22-24-49-26-29(52-32(42)23-21-19-17-10-8-6-4-2)27-50-39-38(48)36(46)34(44)31(54-39)28-51-40-37(47)35(45)33(43)30(25-41)53-40/h11-12,29-31,33-41,43-48H,3-10,13-28H2,1-2H3/b12-11-. The highest BCUT2D eigenvalue weighted by atomic mass is 16.7. The molecule has 11 unspecified atom stereocenters. The normalized spacial score (nSPS) is 29.5. The van der Waals surface area contributed by atoms with Crippen LogP contribution in [0.15, 0.2) is 12.2 Å². The van der Waals surface area contributed by atoms with E-state index in [-0.39, 0.29) is 25.6 Å². The van der Waals surface area contributed by atoms with Gasteiger partial charge >= 0.3 is 5.97 Å². The lowest BCUT2D eigenvalue weighted by molar-refractivity contribution is -0.332. The van der Waals surface area contributed by atoms with Gasteiger partial charge in [-0.15, -0.1) is 0 Å². The first-order chi connectivity index (χ1) is 26.1. The molecule has 2 aliphatic rings. The van der Waals surface area contributed by atoms with Crippen LogP contribution in [0.4, 0.5) is 0 Å². The predicted molar refractivity (Wildman–Crippen MR) is 201 cm³/mol. The van der Waals surface area contributed by atoms with Gasteiger partial charge in [-0.1, -0.05) is 103 Å². The molecular weight excluding hydrogens is 704 g/mol. The van der Waals surface area contributed by atoms with Crippen molar-refractivity contribution in [3.05, 3.63) is 12.2 Å². The second-order valence-corrected chi connectivity index (χ2v) is 14.8. The van der Waals surface area contributed by atoms with Crippen LogP contribution in [0.3, 0.4) is 0 Å². The quantitative estimate of drug-likeness (QED) is 0.0305. The zero-order valence-corrected chi connectivity index (χ0v) is 33.0. The lowest BCUT2D eigenvalue weighted by atomic mass is 9.98. The smallest absolute Gasteiger partial charge is 0.306 e. The summed E-state index contributed by atoms with van der Waals surface area (Å²) in [7, 11) is 0. The van der Waals surface area contributed by atoms with E-state index in [1.54, 1.807) is 0 Å². The molecule has 318 valence electrons. The number of rotatable bonds is 31. The van der Waals surface area contributed by atoms with E-state index in [4.69, 9.17) is 28.4 Å². The maximum absolute atomic E-state index is 12.8. The molecule has 0 amide bonds. The molecular formula is C40H74O14. The van der Waals surface area contributed by atoms with E-state index >= 15 is 0 Å². The molecule has 0 saturated carbocycles. The van der Waals surface area contributed by atoms with Crippen LogP contribution in [-0.2, 0) is 33.2 Å². The first-order valence-electron chi connectivity index (χ1n) is 20.8. The van der Waals surface area contributed by atoms with E-state index in [0.29, 0.717) is 13.0 Å². The number of hydrogen-bond acceptors (Lipinski definition) is 14. The topological polar surface area (TPSA) is 214 Å². The summed E-state index contributed by atoms with van der Waals surface area (Å²) in [5, 5.41) is 71.6. The minimum atomic E-state index is -1.70. The number of hydrogen-bond donors (Lipinski definition) is 7. The van der Waals surface area contributed by atoms with Gasteiger partial charge in [0.15, 0.2) is 12.6 Å². The van der Waals surface area contributed by atoms with Crippen LogP contribution in [0.1, 0.15) is 136 Å². The zero-order valence-electron chi connectivity index (χ0n) is 33.0. The van der Waals surface area contributed by atoms with Gasteiger partial charge in [-0.3, -0.25) is 4.79 Å². The van der Waals surface area contributed by atoms with Crippen molar-refractivity contribution in [1.82, 2.24) is 0 Å². The summed E-state index contributed by atoms with van der Waals surface area (Å²) in [6, 6.07) is 0. The van der Waals surface area contributed by atoms with Gasteiger partial charge in [0.05, 0.1) is 26.4 Å². The highest BCUT2D eigenvalue weighted by molar-refractivity contribution is 5.69. The highest BCUT2D eigenvalue weighted by Gasteiger charge is 2.47. The van der Waals surface area contributed by atoms with Crippen LogP contribution in [0.25, 0.3) is 0 Å². The van der Waals surface area contributed by atoms with Crippen LogP contribution < -0.4 is 0 Å². The molecule has 0 aromatic carbocycles. The van der Waals surface area contributed by atoms with E-state index in [1.807, 2.05) is 0 Å². The van der Waals surface area contributed by atoms with E-state index in [1.165, 1.54) is 64.2 Å². The second kappa shape index (κ2) is 29.9. The fourth-order valence-electron chi connectivity index (χ4n) is 6.51. The number of allylic oxidation sites excluding steroid dienone is 2. The lowest BCUT2D eigenvalue weighted by Gasteiger charge is -2.42.